The molecule has 0 aliphatic carbocycles. The number of carbonyl (C=O) groups is 1. The topological polar surface area (TPSA) is 72.3 Å². The molecule has 0 atom stereocenters. The molecule has 9 heteroatoms. The van der Waals surface area contributed by atoms with Crippen LogP contribution in [0.25, 0.3) is 20.4 Å². The van der Waals surface area contributed by atoms with Gasteiger partial charge in [0.15, 0.2) is 5.13 Å². The Balaban J connectivity index is 1.35. The second-order valence-electron chi connectivity index (χ2n) is 6.41. The van der Waals surface area contributed by atoms with Crippen molar-refractivity contribution in [3.8, 4) is 0 Å². The van der Waals surface area contributed by atoms with Crippen molar-refractivity contribution in [1.29, 1.82) is 0 Å². The van der Waals surface area contributed by atoms with E-state index in [0.717, 1.165) is 57.6 Å². The monoisotopic (exact) mass is 399 g/mol. The van der Waals surface area contributed by atoms with Gasteiger partial charge in [0.25, 0.3) is 5.91 Å². The summed E-state index contributed by atoms with van der Waals surface area (Å²) in [5, 5.41) is 9.40. The fourth-order valence-corrected chi connectivity index (χ4v) is 5.29. The highest BCUT2D eigenvalue weighted by Gasteiger charge is 2.19. The first kappa shape index (κ1) is 16.7. The first-order valence-electron chi connectivity index (χ1n) is 8.63. The summed E-state index contributed by atoms with van der Waals surface area (Å²) in [6.07, 6.45) is 1.95. The van der Waals surface area contributed by atoms with Gasteiger partial charge in [-0.2, -0.15) is 5.10 Å². The van der Waals surface area contributed by atoms with Crippen LogP contribution in [-0.2, 0) is 11.8 Å². The second-order valence-corrected chi connectivity index (χ2v) is 8.45. The molecule has 1 amide bonds. The molecule has 1 fully saturated rings. The highest BCUT2D eigenvalue weighted by atomic mass is 32.1. The molecular weight excluding hydrogens is 382 g/mol. The van der Waals surface area contributed by atoms with Crippen LogP contribution < -0.4 is 10.2 Å². The minimum Gasteiger partial charge on any atom is -0.378 e. The number of hydrogen-bond acceptors (Lipinski definition) is 7. The third kappa shape index (κ3) is 3.18. The number of fused-ring (bicyclic) bond motifs is 2. The number of morpholine rings is 1. The molecule has 4 heterocycles. The van der Waals surface area contributed by atoms with Gasteiger partial charge in [0.05, 0.1) is 28.3 Å². The van der Waals surface area contributed by atoms with Crippen molar-refractivity contribution in [3.05, 3.63) is 35.3 Å². The van der Waals surface area contributed by atoms with E-state index >= 15 is 0 Å². The quantitative estimate of drug-likeness (QED) is 0.572. The van der Waals surface area contributed by atoms with E-state index < -0.39 is 0 Å². The minimum absolute atomic E-state index is 0.117. The summed E-state index contributed by atoms with van der Waals surface area (Å²) in [6.45, 7) is 3.21. The van der Waals surface area contributed by atoms with Gasteiger partial charge in [-0.1, -0.05) is 11.3 Å². The molecule has 5 rings (SSSR count). The summed E-state index contributed by atoms with van der Waals surface area (Å²) in [5.41, 5.74) is 1.60. The standard InChI is InChI=1S/C18H17N5O2S2/c1-22-10-11-2-3-12(8-13(11)21-22)19-16(24)14-9-15-17(26-14)20-18(27-15)23-4-6-25-7-5-23/h2-3,8-10H,4-7H2,1H3,(H,19,24). The van der Waals surface area contributed by atoms with Crippen LogP contribution in [0.2, 0.25) is 0 Å². The van der Waals surface area contributed by atoms with E-state index in [1.54, 1.807) is 16.0 Å². The molecule has 4 aromatic rings. The Morgan fingerprint density at radius 2 is 2.07 bits per heavy atom. The third-order valence-electron chi connectivity index (χ3n) is 4.46. The molecule has 7 nitrogen and oxygen atoms in total. The Morgan fingerprint density at radius 1 is 1.22 bits per heavy atom. The van der Waals surface area contributed by atoms with E-state index in [9.17, 15) is 4.79 Å². The zero-order chi connectivity index (χ0) is 18.4. The number of nitrogens with zero attached hydrogens (tertiary/aromatic N) is 4. The Bertz CT molecular complexity index is 1110. The molecule has 1 N–H and O–H groups in total. The number of hydrogen-bond donors (Lipinski definition) is 1. The summed E-state index contributed by atoms with van der Waals surface area (Å²) < 4.78 is 8.20. The highest BCUT2D eigenvalue weighted by Crippen LogP contribution is 2.35. The summed E-state index contributed by atoms with van der Waals surface area (Å²) in [5.74, 6) is -0.117. The molecule has 0 radical (unpaired) electrons. The summed E-state index contributed by atoms with van der Waals surface area (Å²) >= 11 is 3.06. The smallest absolute Gasteiger partial charge is 0.265 e. The van der Waals surface area contributed by atoms with Crippen LogP contribution in [0.4, 0.5) is 10.8 Å². The van der Waals surface area contributed by atoms with Crippen molar-refractivity contribution in [1.82, 2.24) is 14.8 Å². The van der Waals surface area contributed by atoms with Gasteiger partial charge in [0, 0.05) is 37.4 Å². The van der Waals surface area contributed by atoms with Crippen molar-refractivity contribution in [2.24, 2.45) is 7.05 Å². The van der Waals surface area contributed by atoms with Crippen molar-refractivity contribution in [3.63, 3.8) is 0 Å². The lowest BCUT2D eigenvalue weighted by atomic mass is 10.2. The molecule has 3 aromatic heterocycles. The van der Waals surface area contributed by atoms with Gasteiger partial charge in [-0.25, -0.2) is 4.98 Å². The minimum atomic E-state index is -0.117. The Hall–Kier alpha value is -2.49. The number of amides is 1. The summed E-state index contributed by atoms with van der Waals surface area (Å²) in [7, 11) is 1.88. The van der Waals surface area contributed by atoms with Crippen LogP contribution in [0.1, 0.15) is 9.67 Å². The maximum atomic E-state index is 12.6. The van der Waals surface area contributed by atoms with E-state index in [0.29, 0.717) is 4.88 Å². The zero-order valence-electron chi connectivity index (χ0n) is 14.6. The SMILES string of the molecule is Cn1cc2ccc(NC(=O)c3cc4sc(N5CCOCC5)nc4s3)cc2n1. The number of rotatable bonds is 3. The van der Waals surface area contributed by atoms with E-state index in [1.807, 2.05) is 37.5 Å². The molecule has 0 saturated carbocycles. The van der Waals surface area contributed by atoms with Gasteiger partial charge in [0.1, 0.15) is 4.83 Å². The lowest BCUT2D eigenvalue weighted by Gasteiger charge is -2.25. The fourth-order valence-electron chi connectivity index (χ4n) is 3.14. The largest absolute Gasteiger partial charge is 0.378 e. The number of nitrogens with one attached hydrogen (secondary N) is 1. The highest BCUT2D eigenvalue weighted by molar-refractivity contribution is 7.29. The van der Waals surface area contributed by atoms with Crippen molar-refractivity contribution in [2.75, 3.05) is 36.5 Å². The molecule has 1 saturated heterocycles. The van der Waals surface area contributed by atoms with Crippen molar-refractivity contribution >= 4 is 59.8 Å². The van der Waals surface area contributed by atoms with Crippen LogP contribution in [0.5, 0.6) is 0 Å². The molecule has 27 heavy (non-hydrogen) atoms. The Labute approximate surface area is 163 Å². The van der Waals surface area contributed by atoms with E-state index in [1.165, 1.54) is 11.3 Å². The number of carbonyl (C=O) groups excluding carboxylic acids is 1. The predicted molar refractivity (Wildman–Crippen MR) is 109 cm³/mol. The molecule has 1 aliphatic rings. The molecule has 1 aliphatic heterocycles. The van der Waals surface area contributed by atoms with Gasteiger partial charge in [-0.05, 0) is 24.3 Å². The zero-order valence-corrected chi connectivity index (χ0v) is 16.3. The molecular formula is C18H17N5O2S2. The number of thiophene rings is 1. The van der Waals surface area contributed by atoms with E-state index in [4.69, 9.17) is 9.72 Å². The van der Waals surface area contributed by atoms with Gasteiger partial charge in [-0.3, -0.25) is 9.48 Å². The fraction of sp³-hybridized carbons (Fsp3) is 0.278. The first-order chi connectivity index (χ1) is 13.2. The normalized spacial score (nSPS) is 14.9. The lowest BCUT2D eigenvalue weighted by molar-refractivity contribution is 0.103. The van der Waals surface area contributed by atoms with Crippen LogP contribution in [0.15, 0.2) is 30.5 Å². The third-order valence-corrected chi connectivity index (χ3v) is 6.68. The maximum Gasteiger partial charge on any atom is 0.265 e. The van der Waals surface area contributed by atoms with Crippen LogP contribution in [0, 0.1) is 0 Å². The van der Waals surface area contributed by atoms with Crippen molar-refractivity contribution < 1.29 is 9.53 Å². The van der Waals surface area contributed by atoms with Gasteiger partial charge < -0.3 is 15.0 Å². The molecule has 0 spiro atoms. The van der Waals surface area contributed by atoms with Crippen molar-refractivity contribution in [2.45, 2.75) is 0 Å². The number of aromatic nitrogens is 3. The predicted octanol–water partition coefficient (Wildman–Crippen LogP) is 3.33. The molecule has 1 aromatic carbocycles. The van der Waals surface area contributed by atoms with Crippen LogP contribution in [0.3, 0.4) is 0 Å². The second kappa shape index (κ2) is 6.59. The maximum absolute atomic E-state index is 12.6. The number of benzene rings is 1. The van der Waals surface area contributed by atoms with Crippen LogP contribution >= 0.6 is 22.7 Å². The average Bonchev–Trinajstić information content (AvgIpc) is 3.33. The lowest BCUT2D eigenvalue weighted by Crippen LogP contribution is -2.36. The average molecular weight is 400 g/mol. The number of thiazole rings is 1. The molecule has 138 valence electrons. The van der Waals surface area contributed by atoms with Gasteiger partial charge >= 0.3 is 0 Å². The van der Waals surface area contributed by atoms with Crippen LogP contribution in [-0.4, -0.2) is 47.0 Å². The number of ether oxygens (including phenoxy) is 1. The Kier molecular flexibility index (Phi) is 4.07. The summed E-state index contributed by atoms with van der Waals surface area (Å²) in [4.78, 5) is 21.2. The summed E-state index contributed by atoms with van der Waals surface area (Å²) in [6, 6.07) is 7.67. The van der Waals surface area contributed by atoms with Gasteiger partial charge in [-0.15, -0.1) is 11.3 Å². The van der Waals surface area contributed by atoms with Gasteiger partial charge in [0.2, 0.25) is 0 Å². The molecule has 0 unspecified atom stereocenters. The first-order valence-corrected chi connectivity index (χ1v) is 10.3. The molecule has 0 bridgehead atoms. The van der Waals surface area contributed by atoms with E-state index in [2.05, 4.69) is 15.3 Å². The van der Waals surface area contributed by atoms with E-state index in [-0.39, 0.29) is 5.91 Å². The number of aryl methyl sites for hydroxylation is 1. The Morgan fingerprint density at radius 3 is 2.89 bits per heavy atom. The number of anilines is 2.